The largest absolute Gasteiger partial charge is 0.390 e. The van der Waals surface area contributed by atoms with Gasteiger partial charge in [0.1, 0.15) is 0 Å². The van der Waals surface area contributed by atoms with E-state index in [2.05, 4.69) is 10.6 Å². The fourth-order valence-corrected chi connectivity index (χ4v) is 3.03. The zero-order chi connectivity index (χ0) is 17.3. The van der Waals surface area contributed by atoms with Gasteiger partial charge in [-0.25, -0.2) is 0 Å². The molecule has 3 N–H and O–H groups in total. The van der Waals surface area contributed by atoms with Gasteiger partial charge >= 0.3 is 11.8 Å². The van der Waals surface area contributed by atoms with E-state index in [0.29, 0.717) is 17.1 Å². The van der Waals surface area contributed by atoms with E-state index in [0.717, 1.165) is 16.7 Å². The molecule has 1 aliphatic carbocycles. The third-order valence-electron chi connectivity index (χ3n) is 4.14. The molecule has 1 aliphatic rings. The Morgan fingerprint density at radius 3 is 2.71 bits per heavy atom. The van der Waals surface area contributed by atoms with Crippen LogP contribution in [0.25, 0.3) is 0 Å². The number of halogens is 1. The molecule has 124 valence electrons. The van der Waals surface area contributed by atoms with Crippen molar-refractivity contribution in [3.05, 3.63) is 64.2 Å². The first-order valence-corrected chi connectivity index (χ1v) is 7.97. The minimum Gasteiger partial charge on any atom is -0.390 e. The SMILES string of the molecule is Cc1ccc(Cl)cc1NC(=O)C(=O)NC1c2ccccc2CC1O. The standard InChI is InChI=1S/C18H17ClN2O3/c1-10-6-7-12(19)9-14(10)20-17(23)18(24)21-16-13-5-3-2-4-11(13)8-15(16)22/h2-7,9,15-16,22H,8H2,1H3,(H,20,23)(H,21,24). The monoisotopic (exact) mass is 344 g/mol. The van der Waals surface area contributed by atoms with Crippen LogP contribution in [0.5, 0.6) is 0 Å². The molecule has 0 fully saturated rings. The molecule has 2 unspecified atom stereocenters. The van der Waals surface area contributed by atoms with Crippen molar-refractivity contribution in [2.75, 3.05) is 5.32 Å². The molecule has 0 aromatic heterocycles. The van der Waals surface area contributed by atoms with E-state index in [9.17, 15) is 14.7 Å². The predicted octanol–water partition coefficient (Wildman–Crippen LogP) is 2.36. The predicted molar refractivity (Wildman–Crippen MR) is 91.9 cm³/mol. The van der Waals surface area contributed by atoms with E-state index < -0.39 is 24.0 Å². The maximum Gasteiger partial charge on any atom is 0.313 e. The molecule has 0 heterocycles. The molecule has 3 rings (SSSR count). The Bertz CT molecular complexity index is 807. The summed E-state index contributed by atoms with van der Waals surface area (Å²) in [5.74, 6) is -1.59. The number of carbonyl (C=O) groups excluding carboxylic acids is 2. The summed E-state index contributed by atoms with van der Waals surface area (Å²) >= 11 is 5.91. The van der Waals surface area contributed by atoms with Crippen molar-refractivity contribution in [3.63, 3.8) is 0 Å². The van der Waals surface area contributed by atoms with Crippen molar-refractivity contribution in [3.8, 4) is 0 Å². The van der Waals surface area contributed by atoms with Gasteiger partial charge in [-0.3, -0.25) is 9.59 Å². The van der Waals surface area contributed by atoms with Crippen molar-refractivity contribution < 1.29 is 14.7 Å². The van der Waals surface area contributed by atoms with Crippen LogP contribution in [0.3, 0.4) is 0 Å². The van der Waals surface area contributed by atoms with Gasteiger partial charge in [0.25, 0.3) is 0 Å². The van der Waals surface area contributed by atoms with Gasteiger partial charge in [-0.1, -0.05) is 41.9 Å². The second-order valence-corrected chi connectivity index (χ2v) is 6.27. The lowest BCUT2D eigenvalue weighted by atomic mass is 10.1. The number of carbonyl (C=O) groups is 2. The highest BCUT2D eigenvalue weighted by molar-refractivity contribution is 6.40. The third kappa shape index (κ3) is 3.27. The van der Waals surface area contributed by atoms with Crippen LogP contribution in [0.2, 0.25) is 5.02 Å². The highest BCUT2D eigenvalue weighted by atomic mass is 35.5. The molecular formula is C18H17ClN2O3. The van der Waals surface area contributed by atoms with Crippen molar-refractivity contribution >= 4 is 29.1 Å². The number of benzene rings is 2. The minimum atomic E-state index is -0.796. The number of hydrogen-bond donors (Lipinski definition) is 3. The zero-order valence-electron chi connectivity index (χ0n) is 13.0. The highest BCUT2D eigenvalue weighted by Crippen LogP contribution is 2.31. The Kier molecular flexibility index (Phi) is 4.55. The van der Waals surface area contributed by atoms with Crippen LogP contribution >= 0.6 is 11.6 Å². The van der Waals surface area contributed by atoms with Crippen LogP contribution in [0.15, 0.2) is 42.5 Å². The van der Waals surface area contributed by atoms with E-state index in [-0.39, 0.29) is 0 Å². The number of aryl methyl sites for hydroxylation is 1. The van der Waals surface area contributed by atoms with Gasteiger partial charge in [0.2, 0.25) is 0 Å². The molecule has 0 aliphatic heterocycles. The molecule has 5 nitrogen and oxygen atoms in total. The second-order valence-electron chi connectivity index (χ2n) is 5.83. The van der Waals surface area contributed by atoms with Gasteiger partial charge in [0.15, 0.2) is 0 Å². The first-order valence-electron chi connectivity index (χ1n) is 7.59. The number of anilines is 1. The van der Waals surface area contributed by atoms with Crippen molar-refractivity contribution in [2.45, 2.75) is 25.5 Å². The highest BCUT2D eigenvalue weighted by Gasteiger charge is 2.33. The molecule has 2 aromatic carbocycles. The molecule has 2 amide bonds. The molecule has 0 spiro atoms. The zero-order valence-corrected chi connectivity index (χ0v) is 13.8. The molecule has 2 aromatic rings. The van der Waals surface area contributed by atoms with Crippen LogP contribution < -0.4 is 10.6 Å². The minimum absolute atomic E-state index is 0.455. The van der Waals surface area contributed by atoms with Crippen LogP contribution in [-0.4, -0.2) is 23.0 Å². The first-order chi connectivity index (χ1) is 11.5. The summed E-state index contributed by atoms with van der Waals surface area (Å²) in [5, 5.41) is 15.8. The van der Waals surface area contributed by atoms with E-state index in [1.165, 1.54) is 0 Å². The van der Waals surface area contributed by atoms with E-state index >= 15 is 0 Å². The lowest BCUT2D eigenvalue weighted by Gasteiger charge is -2.18. The molecule has 0 saturated heterocycles. The Morgan fingerprint density at radius 2 is 1.92 bits per heavy atom. The van der Waals surface area contributed by atoms with Crippen LogP contribution in [0.1, 0.15) is 22.7 Å². The van der Waals surface area contributed by atoms with Gasteiger partial charge in [-0.15, -0.1) is 0 Å². The summed E-state index contributed by atoms with van der Waals surface area (Å²) in [6.07, 6.45) is -0.289. The lowest BCUT2D eigenvalue weighted by Crippen LogP contribution is -2.40. The average molecular weight is 345 g/mol. The molecular weight excluding hydrogens is 328 g/mol. The Balaban J connectivity index is 1.71. The van der Waals surface area contributed by atoms with Crippen LogP contribution in [0, 0.1) is 6.92 Å². The quantitative estimate of drug-likeness (QED) is 0.732. The summed E-state index contributed by atoms with van der Waals surface area (Å²) in [6.45, 7) is 1.81. The van der Waals surface area contributed by atoms with Crippen molar-refractivity contribution in [2.24, 2.45) is 0 Å². The van der Waals surface area contributed by atoms with Crippen molar-refractivity contribution in [1.29, 1.82) is 0 Å². The van der Waals surface area contributed by atoms with E-state index in [1.807, 2.05) is 24.3 Å². The van der Waals surface area contributed by atoms with E-state index in [4.69, 9.17) is 11.6 Å². The molecule has 2 atom stereocenters. The Labute approximate surface area is 144 Å². The summed E-state index contributed by atoms with van der Waals surface area (Å²) in [4.78, 5) is 24.3. The van der Waals surface area contributed by atoms with Gasteiger partial charge in [0, 0.05) is 17.1 Å². The molecule has 0 bridgehead atoms. The molecule has 24 heavy (non-hydrogen) atoms. The maximum absolute atomic E-state index is 12.2. The maximum atomic E-state index is 12.2. The Morgan fingerprint density at radius 1 is 1.17 bits per heavy atom. The fraction of sp³-hybridized carbons (Fsp3) is 0.222. The van der Waals surface area contributed by atoms with Crippen LogP contribution in [0.4, 0.5) is 5.69 Å². The smallest absolute Gasteiger partial charge is 0.313 e. The summed E-state index contributed by atoms with van der Waals surface area (Å²) in [7, 11) is 0. The fourth-order valence-electron chi connectivity index (χ4n) is 2.86. The number of rotatable bonds is 2. The number of aliphatic hydroxyl groups excluding tert-OH is 1. The Hall–Kier alpha value is -2.37. The third-order valence-corrected chi connectivity index (χ3v) is 4.38. The average Bonchev–Trinajstić information content (AvgIpc) is 2.86. The normalized spacial score (nSPS) is 18.8. The van der Waals surface area contributed by atoms with Crippen molar-refractivity contribution in [1.82, 2.24) is 5.32 Å². The number of nitrogens with one attached hydrogen (secondary N) is 2. The van der Waals surface area contributed by atoms with Crippen LogP contribution in [-0.2, 0) is 16.0 Å². The first kappa shape index (κ1) is 16.5. The van der Waals surface area contributed by atoms with Gasteiger partial charge in [0.05, 0.1) is 12.1 Å². The lowest BCUT2D eigenvalue weighted by molar-refractivity contribution is -0.137. The number of hydrogen-bond acceptors (Lipinski definition) is 3. The van der Waals surface area contributed by atoms with Gasteiger partial charge in [-0.05, 0) is 35.7 Å². The van der Waals surface area contributed by atoms with Gasteiger partial charge in [-0.2, -0.15) is 0 Å². The number of fused-ring (bicyclic) bond motifs is 1. The molecule has 0 radical (unpaired) electrons. The summed E-state index contributed by atoms with van der Waals surface area (Å²) < 4.78 is 0. The summed E-state index contributed by atoms with van der Waals surface area (Å²) in [5.41, 5.74) is 3.09. The molecule has 0 saturated carbocycles. The summed E-state index contributed by atoms with van der Waals surface area (Å²) in [6, 6.07) is 11.9. The second kappa shape index (κ2) is 6.63. The molecule has 6 heteroatoms. The number of aliphatic hydroxyl groups is 1. The number of amides is 2. The van der Waals surface area contributed by atoms with E-state index in [1.54, 1.807) is 25.1 Å². The topological polar surface area (TPSA) is 78.4 Å². The van der Waals surface area contributed by atoms with Gasteiger partial charge < -0.3 is 15.7 Å².